The summed E-state index contributed by atoms with van der Waals surface area (Å²) in [4.78, 5) is 86.4. The Bertz CT molecular complexity index is 1430. The highest BCUT2D eigenvalue weighted by molar-refractivity contribution is 5.74. The molecule has 1 N–H and O–H groups in total. The Balaban J connectivity index is 2.28. The predicted molar refractivity (Wildman–Crippen MR) is 169 cm³/mol. The molecule has 3 unspecified atom stereocenters. The molecule has 19 heteroatoms. The van der Waals surface area contributed by atoms with E-state index in [4.69, 9.17) is 33.2 Å². The van der Waals surface area contributed by atoms with E-state index < -0.39 is 89.5 Å². The second-order valence-corrected chi connectivity index (χ2v) is 12.3. The molecule has 1 fully saturated rings. The van der Waals surface area contributed by atoms with E-state index in [0.717, 1.165) is 33.8 Å². The van der Waals surface area contributed by atoms with Crippen LogP contribution in [0.1, 0.15) is 54.0 Å². The van der Waals surface area contributed by atoms with Crippen molar-refractivity contribution in [1.82, 2.24) is 15.1 Å². The number of ether oxygens (including phenoxy) is 7. The van der Waals surface area contributed by atoms with Crippen molar-refractivity contribution in [2.75, 3.05) is 33.8 Å². The monoisotopic (exact) mass is 712 g/mol. The van der Waals surface area contributed by atoms with Gasteiger partial charge in [0.2, 0.25) is 12.2 Å². The lowest BCUT2D eigenvalue weighted by Crippen LogP contribution is -2.67. The fourth-order valence-corrected chi connectivity index (χ4v) is 4.49. The lowest BCUT2D eigenvalue weighted by atomic mass is 9.96. The number of nitro benzene ring substituents is 1. The molecule has 50 heavy (non-hydrogen) atoms. The highest BCUT2D eigenvalue weighted by Gasteiger charge is 2.52. The third-order valence-electron chi connectivity index (χ3n) is 6.68. The number of carbonyl (C=O) groups is 6. The molecule has 0 spiro atoms. The second kappa shape index (κ2) is 18.0. The van der Waals surface area contributed by atoms with Crippen LogP contribution in [0.4, 0.5) is 15.3 Å². The van der Waals surface area contributed by atoms with E-state index in [-0.39, 0.29) is 31.0 Å². The Labute approximate surface area is 288 Å². The van der Waals surface area contributed by atoms with Crippen molar-refractivity contribution in [2.24, 2.45) is 0 Å². The number of nitro groups is 1. The van der Waals surface area contributed by atoms with Crippen molar-refractivity contribution in [3.63, 3.8) is 0 Å². The van der Waals surface area contributed by atoms with Gasteiger partial charge in [0.15, 0.2) is 18.0 Å². The summed E-state index contributed by atoms with van der Waals surface area (Å²) < 4.78 is 38.2. The molecule has 0 saturated carbocycles. The van der Waals surface area contributed by atoms with Crippen LogP contribution >= 0.6 is 0 Å². The molecule has 19 nitrogen and oxygen atoms in total. The maximum Gasteiger partial charge on any atom is 0.410 e. The first-order valence-corrected chi connectivity index (χ1v) is 15.3. The van der Waals surface area contributed by atoms with Crippen LogP contribution in [0.5, 0.6) is 5.75 Å². The van der Waals surface area contributed by atoms with E-state index in [1.165, 1.54) is 36.0 Å². The van der Waals surface area contributed by atoms with Crippen molar-refractivity contribution in [3.8, 4) is 5.75 Å². The van der Waals surface area contributed by atoms with E-state index >= 15 is 0 Å². The minimum atomic E-state index is -1.61. The average molecular weight is 713 g/mol. The van der Waals surface area contributed by atoms with Gasteiger partial charge in [0.25, 0.3) is 0 Å². The van der Waals surface area contributed by atoms with Gasteiger partial charge in [-0.3, -0.25) is 29.3 Å². The van der Waals surface area contributed by atoms with E-state index in [1.807, 2.05) is 0 Å². The summed E-state index contributed by atoms with van der Waals surface area (Å²) >= 11 is 0. The third kappa shape index (κ3) is 13.0. The minimum Gasteiger partial charge on any atom is -0.463 e. The van der Waals surface area contributed by atoms with Crippen molar-refractivity contribution in [2.45, 2.75) is 91.3 Å². The first-order valence-electron chi connectivity index (χ1n) is 15.3. The lowest BCUT2D eigenvalue weighted by molar-refractivity contribution is -0.386. The summed E-state index contributed by atoms with van der Waals surface area (Å²) in [6.45, 7) is 8.95. The molecule has 0 bridgehead atoms. The highest BCUT2D eigenvalue weighted by atomic mass is 16.7. The zero-order valence-electron chi connectivity index (χ0n) is 29.4. The number of amides is 3. The summed E-state index contributed by atoms with van der Waals surface area (Å²) in [6.07, 6.45) is -7.08. The van der Waals surface area contributed by atoms with Gasteiger partial charge in [-0.05, 0) is 32.4 Å². The van der Waals surface area contributed by atoms with Gasteiger partial charge in [-0.1, -0.05) is 6.07 Å². The van der Waals surface area contributed by atoms with Gasteiger partial charge in [0.05, 0.1) is 4.92 Å². The Hall–Kier alpha value is -5.20. The highest BCUT2D eigenvalue weighted by Crippen LogP contribution is 2.34. The summed E-state index contributed by atoms with van der Waals surface area (Å²) in [7, 11) is 2.96. The molecule has 0 aliphatic carbocycles. The maximum atomic E-state index is 12.6. The van der Waals surface area contributed by atoms with Crippen LogP contribution < -0.4 is 10.1 Å². The van der Waals surface area contributed by atoms with Crippen LogP contribution in [0.2, 0.25) is 0 Å². The summed E-state index contributed by atoms with van der Waals surface area (Å²) in [6, 6.07) is 2.30. The van der Waals surface area contributed by atoms with Crippen LogP contribution in [0.15, 0.2) is 18.2 Å². The number of carbonyl (C=O) groups excluding carboxylic acids is 6. The topological polar surface area (TPSA) is 229 Å². The number of likely N-dealkylation sites (N-methyl/N-ethyl adjacent to an activating group) is 2. The molecule has 1 aromatic carbocycles. The standard InChI is InChI=1S/C31H44N4O15/c1-17(36)32-25-27(47-20(4)39)26(46-19(3)38)24(16-44-18(2)37)49-28(25)48-23-11-10-21(14-22(23)35(42)43)15-45-29(40)33(8)12-13-34(9)30(41)50-31(5,6)7/h10-11,14,24-28H,12-13,15-16H2,1-9H3,(H,32,36)/t24?,25?,26-,27?,28-/m1/s1. The number of nitrogens with zero attached hydrogens (tertiary/aromatic N) is 3. The van der Waals surface area contributed by atoms with Gasteiger partial charge in [-0.15, -0.1) is 0 Å². The molecule has 0 aromatic heterocycles. The molecular formula is C31H44N4O15. The molecule has 1 aliphatic rings. The van der Waals surface area contributed by atoms with Crippen LogP contribution in [0, 0.1) is 10.1 Å². The number of benzene rings is 1. The lowest BCUT2D eigenvalue weighted by Gasteiger charge is -2.44. The van der Waals surface area contributed by atoms with Crippen molar-refractivity contribution in [3.05, 3.63) is 33.9 Å². The zero-order chi connectivity index (χ0) is 37.9. The molecule has 278 valence electrons. The fourth-order valence-electron chi connectivity index (χ4n) is 4.49. The number of hydrogen-bond acceptors (Lipinski definition) is 15. The first kappa shape index (κ1) is 41.0. The Kier molecular flexibility index (Phi) is 14.7. The van der Waals surface area contributed by atoms with Crippen molar-refractivity contribution in [1.29, 1.82) is 0 Å². The normalized spacial score (nSPS) is 20.0. The third-order valence-corrected chi connectivity index (χ3v) is 6.68. The Morgan fingerprint density at radius 2 is 1.46 bits per heavy atom. The van der Waals surface area contributed by atoms with Crippen LogP contribution in [-0.4, -0.2) is 121 Å². The first-order chi connectivity index (χ1) is 23.2. The van der Waals surface area contributed by atoms with Gasteiger partial charge in [0, 0.05) is 60.9 Å². The number of esters is 3. The van der Waals surface area contributed by atoms with E-state index in [0.29, 0.717) is 0 Å². The summed E-state index contributed by atoms with van der Waals surface area (Å²) in [5, 5.41) is 14.6. The van der Waals surface area contributed by atoms with E-state index in [1.54, 1.807) is 20.8 Å². The molecule has 0 radical (unpaired) electrons. The summed E-state index contributed by atoms with van der Waals surface area (Å²) in [5.41, 5.74) is -1.07. The quantitative estimate of drug-likeness (QED) is 0.134. The van der Waals surface area contributed by atoms with Gasteiger partial charge >= 0.3 is 35.8 Å². The van der Waals surface area contributed by atoms with Gasteiger partial charge in [-0.25, -0.2) is 9.59 Å². The average Bonchev–Trinajstić information content (AvgIpc) is 2.99. The SMILES string of the molecule is CC(=O)NC1C(OC(C)=O)[C@H](OC(C)=O)C(COC(C)=O)O[C@H]1Oc1ccc(COC(=O)N(C)CCN(C)C(=O)OC(C)(C)C)cc1[N+](=O)[O-]. The molecule has 3 amide bonds. The predicted octanol–water partition coefficient (Wildman–Crippen LogP) is 2.07. The van der Waals surface area contributed by atoms with E-state index in [2.05, 4.69) is 5.32 Å². The fraction of sp³-hybridized carbons (Fsp3) is 0.613. The van der Waals surface area contributed by atoms with Gasteiger partial charge in [0.1, 0.15) is 31.0 Å². The van der Waals surface area contributed by atoms with Gasteiger partial charge < -0.3 is 48.3 Å². The summed E-state index contributed by atoms with van der Waals surface area (Å²) in [5.74, 6) is -3.35. The van der Waals surface area contributed by atoms with Crippen molar-refractivity contribution >= 4 is 41.7 Å². The zero-order valence-corrected chi connectivity index (χ0v) is 29.4. The van der Waals surface area contributed by atoms with Crippen LogP contribution in [0.25, 0.3) is 0 Å². The van der Waals surface area contributed by atoms with Crippen LogP contribution in [-0.2, 0) is 54.2 Å². The number of nitrogens with one attached hydrogen (secondary N) is 1. The molecule has 2 rings (SSSR count). The molecule has 5 atom stereocenters. The van der Waals surface area contributed by atoms with Gasteiger partial charge in [-0.2, -0.15) is 0 Å². The second-order valence-electron chi connectivity index (χ2n) is 12.3. The van der Waals surface area contributed by atoms with Crippen LogP contribution in [0.3, 0.4) is 0 Å². The van der Waals surface area contributed by atoms with E-state index in [9.17, 15) is 38.9 Å². The maximum absolute atomic E-state index is 12.6. The molecular weight excluding hydrogens is 668 g/mol. The Morgan fingerprint density at radius 1 is 0.880 bits per heavy atom. The Morgan fingerprint density at radius 3 is 1.98 bits per heavy atom. The number of rotatable bonds is 13. The van der Waals surface area contributed by atoms with Crippen molar-refractivity contribution < 1.29 is 66.8 Å². The molecule has 1 aliphatic heterocycles. The largest absolute Gasteiger partial charge is 0.463 e. The molecule has 1 saturated heterocycles. The molecule has 1 heterocycles. The minimum absolute atomic E-state index is 0.101. The number of hydrogen-bond donors (Lipinski definition) is 1. The smallest absolute Gasteiger partial charge is 0.410 e. The molecule has 1 aromatic rings.